The molecule has 2 heterocycles. The molecule has 0 fully saturated rings. The number of halogens is 1. The lowest BCUT2D eigenvalue weighted by Gasteiger charge is -2.05. The van der Waals surface area contributed by atoms with Crippen molar-refractivity contribution in [2.24, 2.45) is 5.73 Å². The van der Waals surface area contributed by atoms with Crippen molar-refractivity contribution in [2.45, 2.75) is 19.4 Å². The third-order valence-electron chi connectivity index (χ3n) is 1.94. The molecule has 0 bridgehead atoms. The van der Waals surface area contributed by atoms with Crippen LogP contribution in [-0.4, -0.2) is 20.6 Å². The predicted molar refractivity (Wildman–Crippen MR) is 55.4 cm³/mol. The standard InChI is InChI=1S/C9H11ClN4/c1-6(11)5-7-3-2-4-8-12-9(10)13-14(7)8/h2-4,6H,5,11H2,1H3. The van der Waals surface area contributed by atoms with Gasteiger partial charge in [0.25, 0.3) is 0 Å². The number of nitrogens with two attached hydrogens (primary N) is 1. The Hall–Kier alpha value is -1.13. The molecule has 0 aliphatic rings. The third kappa shape index (κ3) is 1.71. The van der Waals surface area contributed by atoms with Crippen LogP contribution in [0.5, 0.6) is 0 Å². The lowest BCUT2D eigenvalue weighted by Crippen LogP contribution is -2.19. The molecule has 5 heteroatoms. The summed E-state index contributed by atoms with van der Waals surface area (Å²) in [5, 5.41) is 4.35. The van der Waals surface area contributed by atoms with E-state index in [9.17, 15) is 0 Å². The van der Waals surface area contributed by atoms with Crippen molar-refractivity contribution in [3.8, 4) is 0 Å². The number of rotatable bonds is 2. The van der Waals surface area contributed by atoms with Crippen molar-refractivity contribution in [1.82, 2.24) is 14.6 Å². The first-order valence-corrected chi connectivity index (χ1v) is 4.80. The van der Waals surface area contributed by atoms with Crippen LogP contribution in [0.4, 0.5) is 0 Å². The van der Waals surface area contributed by atoms with Gasteiger partial charge >= 0.3 is 0 Å². The highest BCUT2D eigenvalue weighted by Crippen LogP contribution is 2.09. The van der Waals surface area contributed by atoms with Crippen LogP contribution >= 0.6 is 11.6 Å². The van der Waals surface area contributed by atoms with Crippen LogP contribution in [0.1, 0.15) is 12.6 Å². The first-order chi connectivity index (χ1) is 6.66. The molecule has 1 unspecified atom stereocenters. The maximum Gasteiger partial charge on any atom is 0.243 e. The van der Waals surface area contributed by atoms with Crippen molar-refractivity contribution in [3.63, 3.8) is 0 Å². The predicted octanol–water partition coefficient (Wildman–Crippen LogP) is 1.27. The van der Waals surface area contributed by atoms with Gasteiger partial charge in [0.2, 0.25) is 5.28 Å². The molecular formula is C9H11ClN4. The molecular weight excluding hydrogens is 200 g/mol. The highest BCUT2D eigenvalue weighted by molar-refractivity contribution is 6.28. The maximum absolute atomic E-state index is 5.73. The minimum atomic E-state index is 0.101. The average Bonchev–Trinajstić information content (AvgIpc) is 2.45. The molecule has 0 spiro atoms. The Balaban J connectivity index is 2.53. The van der Waals surface area contributed by atoms with Crippen LogP contribution in [0.15, 0.2) is 18.2 Å². The first-order valence-electron chi connectivity index (χ1n) is 4.42. The molecule has 0 saturated carbocycles. The van der Waals surface area contributed by atoms with Gasteiger partial charge in [0.05, 0.1) is 0 Å². The van der Waals surface area contributed by atoms with Crippen molar-refractivity contribution < 1.29 is 0 Å². The zero-order chi connectivity index (χ0) is 10.1. The molecule has 0 aliphatic heterocycles. The van der Waals surface area contributed by atoms with Crippen LogP contribution in [0, 0.1) is 0 Å². The summed E-state index contributed by atoms with van der Waals surface area (Å²) in [6.45, 7) is 1.96. The van der Waals surface area contributed by atoms with E-state index in [-0.39, 0.29) is 11.3 Å². The SMILES string of the molecule is CC(N)Cc1cccc2nc(Cl)nn12. The Morgan fingerprint density at radius 2 is 2.36 bits per heavy atom. The molecule has 14 heavy (non-hydrogen) atoms. The Labute approximate surface area is 86.7 Å². The molecule has 1 atom stereocenters. The second-order valence-electron chi connectivity index (χ2n) is 3.35. The molecule has 2 N–H and O–H groups in total. The van der Waals surface area contributed by atoms with Gasteiger partial charge in [0.15, 0.2) is 5.65 Å². The zero-order valence-corrected chi connectivity index (χ0v) is 8.57. The largest absolute Gasteiger partial charge is 0.328 e. The summed E-state index contributed by atoms with van der Waals surface area (Å²) in [5.74, 6) is 0. The van der Waals surface area contributed by atoms with Gasteiger partial charge in [-0.25, -0.2) is 4.52 Å². The summed E-state index contributed by atoms with van der Waals surface area (Å²) in [5.41, 5.74) is 7.51. The van der Waals surface area contributed by atoms with Gasteiger partial charge in [-0.2, -0.15) is 4.98 Å². The van der Waals surface area contributed by atoms with Gasteiger partial charge in [0, 0.05) is 18.2 Å². The average molecular weight is 211 g/mol. The van der Waals surface area contributed by atoms with Crippen LogP contribution in [0.2, 0.25) is 5.28 Å². The summed E-state index contributed by atoms with van der Waals surface area (Å²) >= 11 is 5.72. The van der Waals surface area contributed by atoms with Crippen LogP contribution < -0.4 is 5.73 Å². The van der Waals surface area contributed by atoms with Crippen molar-refractivity contribution >= 4 is 17.2 Å². The molecule has 0 radical (unpaired) electrons. The fourth-order valence-electron chi connectivity index (χ4n) is 1.42. The zero-order valence-electron chi connectivity index (χ0n) is 7.81. The van der Waals surface area contributed by atoms with Crippen molar-refractivity contribution in [3.05, 3.63) is 29.2 Å². The monoisotopic (exact) mass is 210 g/mol. The molecule has 2 aromatic heterocycles. The highest BCUT2D eigenvalue weighted by Gasteiger charge is 2.06. The molecule has 0 aliphatic carbocycles. The second-order valence-corrected chi connectivity index (χ2v) is 3.69. The fourth-order valence-corrected chi connectivity index (χ4v) is 1.58. The van der Waals surface area contributed by atoms with Gasteiger partial charge in [-0.15, -0.1) is 5.10 Å². The van der Waals surface area contributed by atoms with E-state index >= 15 is 0 Å². The van der Waals surface area contributed by atoms with E-state index in [4.69, 9.17) is 17.3 Å². The number of nitrogens with zero attached hydrogens (tertiary/aromatic N) is 3. The van der Waals surface area contributed by atoms with E-state index in [0.717, 1.165) is 17.8 Å². The second kappa shape index (κ2) is 3.55. The lowest BCUT2D eigenvalue weighted by molar-refractivity contribution is 0.698. The Kier molecular flexibility index (Phi) is 2.39. The molecule has 2 rings (SSSR count). The van der Waals surface area contributed by atoms with Gasteiger partial charge in [0.1, 0.15) is 0 Å². The Morgan fingerprint density at radius 1 is 1.57 bits per heavy atom. The first kappa shape index (κ1) is 9.43. The van der Waals surface area contributed by atoms with E-state index in [1.807, 2.05) is 25.1 Å². The summed E-state index contributed by atoms with van der Waals surface area (Å²) in [6.07, 6.45) is 0.761. The molecule has 2 aromatic rings. The minimum Gasteiger partial charge on any atom is -0.328 e. The molecule has 4 nitrogen and oxygen atoms in total. The van der Waals surface area contributed by atoms with Gasteiger partial charge in [-0.05, 0) is 30.7 Å². The van der Waals surface area contributed by atoms with Gasteiger partial charge in [-0.3, -0.25) is 0 Å². The van der Waals surface area contributed by atoms with Crippen molar-refractivity contribution in [1.29, 1.82) is 0 Å². The summed E-state index contributed by atoms with van der Waals surface area (Å²) in [7, 11) is 0. The number of pyridine rings is 1. The number of hydrogen-bond donors (Lipinski definition) is 1. The van der Waals surface area contributed by atoms with E-state index in [2.05, 4.69) is 10.1 Å². The van der Waals surface area contributed by atoms with Crippen LogP contribution in [-0.2, 0) is 6.42 Å². The topological polar surface area (TPSA) is 56.2 Å². The third-order valence-corrected chi connectivity index (χ3v) is 2.10. The number of hydrogen-bond acceptors (Lipinski definition) is 3. The normalized spacial score (nSPS) is 13.4. The molecule has 0 saturated heterocycles. The lowest BCUT2D eigenvalue weighted by atomic mass is 10.2. The Morgan fingerprint density at radius 3 is 3.07 bits per heavy atom. The Bertz CT molecular complexity index is 449. The molecule has 74 valence electrons. The van der Waals surface area contributed by atoms with Crippen LogP contribution in [0.3, 0.4) is 0 Å². The quantitative estimate of drug-likeness (QED) is 0.812. The number of aromatic nitrogens is 3. The maximum atomic E-state index is 5.73. The van der Waals surface area contributed by atoms with Crippen LogP contribution in [0.25, 0.3) is 5.65 Å². The summed E-state index contributed by atoms with van der Waals surface area (Å²) < 4.78 is 1.73. The van der Waals surface area contributed by atoms with Gasteiger partial charge in [-0.1, -0.05) is 6.07 Å². The van der Waals surface area contributed by atoms with E-state index in [1.165, 1.54) is 0 Å². The van der Waals surface area contributed by atoms with E-state index in [1.54, 1.807) is 4.52 Å². The highest BCUT2D eigenvalue weighted by atomic mass is 35.5. The van der Waals surface area contributed by atoms with Gasteiger partial charge < -0.3 is 5.73 Å². The summed E-state index contributed by atoms with van der Waals surface area (Å²) in [4.78, 5) is 4.06. The summed E-state index contributed by atoms with van der Waals surface area (Å²) in [6, 6.07) is 5.87. The van der Waals surface area contributed by atoms with E-state index < -0.39 is 0 Å². The molecule has 0 aromatic carbocycles. The molecule has 0 amide bonds. The fraction of sp³-hybridized carbons (Fsp3) is 0.333. The van der Waals surface area contributed by atoms with Crippen molar-refractivity contribution in [2.75, 3.05) is 0 Å². The minimum absolute atomic E-state index is 0.101. The smallest absolute Gasteiger partial charge is 0.243 e. The number of fused-ring (bicyclic) bond motifs is 1. The van der Waals surface area contributed by atoms with E-state index in [0.29, 0.717) is 0 Å².